The number of guanidine groups is 1. The van der Waals surface area contributed by atoms with E-state index in [0.29, 0.717) is 5.96 Å². The highest BCUT2D eigenvalue weighted by molar-refractivity contribution is 7.09. The highest BCUT2D eigenvalue weighted by Gasteiger charge is 2.25. The zero-order valence-corrected chi connectivity index (χ0v) is 8.51. The summed E-state index contributed by atoms with van der Waals surface area (Å²) in [5, 5.41) is 3.17. The molecule has 2 rings (SSSR count). The monoisotopic (exact) mass is 196 g/mol. The molecule has 0 saturated heterocycles. The summed E-state index contributed by atoms with van der Waals surface area (Å²) in [5.41, 5.74) is 6.74. The Balaban J connectivity index is 2.21. The molecule has 70 valence electrons. The summed E-state index contributed by atoms with van der Waals surface area (Å²) >= 11 is 1.66. The molecule has 2 heterocycles. The first kappa shape index (κ1) is 8.50. The zero-order chi connectivity index (χ0) is 9.42. The Morgan fingerprint density at radius 1 is 1.69 bits per heavy atom. The highest BCUT2D eigenvalue weighted by atomic mass is 32.1. The number of aryl methyl sites for hydroxylation is 1. The smallest absolute Gasteiger partial charge is 0.191 e. The molecule has 1 unspecified atom stereocenters. The van der Waals surface area contributed by atoms with Crippen molar-refractivity contribution in [1.29, 1.82) is 0 Å². The summed E-state index contributed by atoms with van der Waals surface area (Å²) < 4.78 is 0. The normalized spacial score (nSPS) is 22.2. The first-order valence-corrected chi connectivity index (χ1v) is 5.01. The average Bonchev–Trinajstić information content (AvgIpc) is 2.62. The lowest BCUT2D eigenvalue weighted by Crippen LogP contribution is -2.32. The Hall–Kier alpha value is -1.10. The topological polar surface area (TPSA) is 54.5 Å². The number of nitrogens with zero attached hydrogens (tertiary/aromatic N) is 3. The molecule has 1 atom stereocenters. The van der Waals surface area contributed by atoms with E-state index in [1.54, 1.807) is 11.3 Å². The van der Waals surface area contributed by atoms with Gasteiger partial charge in [-0.25, -0.2) is 4.98 Å². The maximum Gasteiger partial charge on any atom is 0.191 e. The quantitative estimate of drug-likeness (QED) is 0.721. The van der Waals surface area contributed by atoms with E-state index < -0.39 is 0 Å². The molecule has 0 radical (unpaired) electrons. The van der Waals surface area contributed by atoms with Gasteiger partial charge in [0.2, 0.25) is 0 Å². The number of aliphatic imine (C=N–C) groups is 1. The first-order valence-electron chi connectivity index (χ1n) is 4.13. The minimum absolute atomic E-state index is 0.241. The molecule has 2 N–H and O–H groups in total. The van der Waals surface area contributed by atoms with Gasteiger partial charge >= 0.3 is 0 Å². The van der Waals surface area contributed by atoms with Crippen molar-refractivity contribution in [1.82, 2.24) is 9.88 Å². The largest absolute Gasteiger partial charge is 0.370 e. The van der Waals surface area contributed by atoms with Crippen LogP contribution >= 0.6 is 11.3 Å². The van der Waals surface area contributed by atoms with Crippen molar-refractivity contribution >= 4 is 17.3 Å². The first-order chi connectivity index (χ1) is 6.18. The maximum absolute atomic E-state index is 5.66. The lowest BCUT2D eigenvalue weighted by atomic mass is 10.2. The molecule has 13 heavy (non-hydrogen) atoms. The summed E-state index contributed by atoms with van der Waals surface area (Å²) in [6.07, 6.45) is 0. The van der Waals surface area contributed by atoms with Gasteiger partial charge in [0.15, 0.2) is 5.96 Å². The van der Waals surface area contributed by atoms with Crippen LogP contribution in [0.5, 0.6) is 0 Å². The third-order valence-corrected chi connectivity index (χ3v) is 3.03. The van der Waals surface area contributed by atoms with Gasteiger partial charge in [-0.15, -0.1) is 11.3 Å². The van der Waals surface area contributed by atoms with Crippen LogP contribution in [0, 0.1) is 6.92 Å². The van der Waals surface area contributed by atoms with Gasteiger partial charge < -0.3 is 10.6 Å². The van der Waals surface area contributed by atoms with Crippen LogP contribution in [0.15, 0.2) is 10.4 Å². The van der Waals surface area contributed by atoms with Crippen LogP contribution in [0.25, 0.3) is 0 Å². The standard InChI is InChI=1S/C8H12N4S/c1-5-11-6(4-13-5)7-3-10-8(9)12(7)2/h4,7H,3H2,1-2H3,(H2,9,10). The van der Waals surface area contributed by atoms with E-state index in [1.807, 2.05) is 18.9 Å². The fourth-order valence-electron chi connectivity index (χ4n) is 1.40. The van der Waals surface area contributed by atoms with Crippen molar-refractivity contribution in [3.63, 3.8) is 0 Å². The van der Waals surface area contributed by atoms with Crippen LogP contribution < -0.4 is 5.73 Å². The molecule has 0 spiro atoms. The zero-order valence-electron chi connectivity index (χ0n) is 7.69. The van der Waals surface area contributed by atoms with Gasteiger partial charge in [-0.1, -0.05) is 0 Å². The Morgan fingerprint density at radius 3 is 2.92 bits per heavy atom. The minimum atomic E-state index is 0.241. The Kier molecular flexibility index (Phi) is 1.95. The van der Waals surface area contributed by atoms with Gasteiger partial charge in [0.1, 0.15) is 0 Å². The van der Waals surface area contributed by atoms with E-state index in [0.717, 1.165) is 17.2 Å². The number of rotatable bonds is 1. The second-order valence-electron chi connectivity index (χ2n) is 3.12. The van der Waals surface area contributed by atoms with Gasteiger partial charge in [-0.05, 0) is 6.92 Å². The lowest BCUT2D eigenvalue weighted by molar-refractivity contribution is 0.407. The number of nitrogens with two attached hydrogens (primary N) is 1. The highest BCUT2D eigenvalue weighted by Crippen LogP contribution is 2.24. The second-order valence-corrected chi connectivity index (χ2v) is 4.18. The van der Waals surface area contributed by atoms with Crippen LogP contribution in [0.3, 0.4) is 0 Å². The molecule has 0 aliphatic carbocycles. The molecule has 1 aliphatic heterocycles. The van der Waals surface area contributed by atoms with Crippen LogP contribution in [0.2, 0.25) is 0 Å². The van der Waals surface area contributed by atoms with Gasteiger partial charge in [0.25, 0.3) is 0 Å². The van der Waals surface area contributed by atoms with Crippen molar-refractivity contribution in [2.24, 2.45) is 10.7 Å². The molecule has 1 aromatic heterocycles. The third-order valence-electron chi connectivity index (χ3n) is 2.23. The van der Waals surface area contributed by atoms with Crippen molar-refractivity contribution in [3.8, 4) is 0 Å². The molecule has 4 nitrogen and oxygen atoms in total. The van der Waals surface area contributed by atoms with Crippen molar-refractivity contribution in [2.75, 3.05) is 13.6 Å². The number of likely N-dealkylation sites (N-methyl/N-ethyl adjacent to an activating group) is 1. The minimum Gasteiger partial charge on any atom is -0.370 e. The third kappa shape index (κ3) is 1.39. The molecule has 0 aromatic carbocycles. The molecule has 5 heteroatoms. The van der Waals surface area contributed by atoms with Crippen molar-refractivity contribution < 1.29 is 0 Å². The summed E-state index contributed by atoms with van der Waals surface area (Å²) in [6.45, 7) is 2.73. The van der Waals surface area contributed by atoms with Crippen molar-refractivity contribution in [3.05, 3.63) is 16.1 Å². The lowest BCUT2D eigenvalue weighted by Gasteiger charge is -2.18. The van der Waals surface area contributed by atoms with Crippen LogP contribution in [0.4, 0.5) is 0 Å². The van der Waals surface area contributed by atoms with Gasteiger partial charge in [-0.2, -0.15) is 0 Å². The number of thiazole rings is 1. The fourth-order valence-corrected chi connectivity index (χ4v) is 2.06. The van der Waals surface area contributed by atoms with Crippen molar-refractivity contribution in [2.45, 2.75) is 13.0 Å². The van der Waals surface area contributed by atoms with E-state index in [2.05, 4.69) is 15.4 Å². The van der Waals surface area contributed by atoms with E-state index in [-0.39, 0.29) is 6.04 Å². The molecule has 1 aliphatic rings. The average molecular weight is 196 g/mol. The molecule has 1 aromatic rings. The predicted molar refractivity (Wildman–Crippen MR) is 53.8 cm³/mol. The predicted octanol–water partition coefficient (Wildman–Crippen LogP) is 0.753. The number of aromatic nitrogens is 1. The summed E-state index contributed by atoms with van der Waals surface area (Å²) in [7, 11) is 1.95. The molecular formula is C8H12N4S. The number of hydrogen-bond acceptors (Lipinski definition) is 5. The maximum atomic E-state index is 5.66. The SMILES string of the molecule is Cc1nc(C2CN=C(N)N2C)cs1. The molecule has 0 bridgehead atoms. The van der Waals surface area contributed by atoms with E-state index in [4.69, 9.17) is 5.73 Å². The summed E-state index contributed by atoms with van der Waals surface area (Å²) in [6, 6.07) is 0.241. The van der Waals surface area contributed by atoms with E-state index in [1.165, 1.54) is 0 Å². The Labute approximate surface area is 81.1 Å². The summed E-state index contributed by atoms with van der Waals surface area (Å²) in [4.78, 5) is 10.6. The van der Waals surface area contributed by atoms with E-state index in [9.17, 15) is 0 Å². The Bertz CT molecular complexity index is 344. The number of hydrogen-bond donors (Lipinski definition) is 1. The molecule has 0 saturated carbocycles. The van der Waals surface area contributed by atoms with E-state index >= 15 is 0 Å². The molecular weight excluding hydrogens is 184 g/mol. The fraction of sp³-hybridized carbons (Fsp3) is 0.500. The Morgan fingerprint density at radius 2 is 2.46 bits per heavy atom. The second kappa shape index (κ2) is 2.99. The van der Waals surface area contributed by atoms with Crippen LogP contribution in [0.1, 0.15) is 16.7 Å². The van der Waals surface area contributed by atoms with Gasteiger partial charge in [0.05, 0.1) is 23.3 Å². The molecule has 0 amide bonds. The van der Waals surface area contributed by atoms with Gasteiger partial charge in [-0.3, -0.25) is 4.99 Å². The molecule has 0 fully saturated rings. The summed E-state index contributed by atoms with van der Waals surface area (Å²) in [5.74, 6) is 0.607. The van der Waals surface area contributed by atoms with Crippen LogP contribution in [-0.2, 0) is 0 Å². The van der Waals surface area contributed by atoms with Gasteiger partial charge in [0, 0.05) is 12.4 Å². The van der Waals surface area contributed by atoms with Crippen LogP contribution in [-0.4, -0.2) is 29.4 Å².